The molecule has 13 heavy (non-hydrogen) atoms. The molecule has 0 aromatic carbocycles. The molecule has 0 unspecified atom stereocenters. The molecule has 2 rings (SSSR count). The summed E-state index contributed by atoms with van der Waals surface area (Å²) < 4.78 is 4.74. The van der Waals surface area contributed by atoms with Crippen LogP contribution < -0.4 is 0 Å². The lowest BCUT2D eigenvalue weighted by Gasteiger charge is -1.81. The highest BCUT2D eigenvalue weighted by Crippen LogP contribution is 2.18. The first-order valence-corrected chi connectivity index (χ1v) is 4.59. The summed E-state index contributed by atoms with van der Waals surface area (Å²) in [6.07, 6.45) is 0. The van der Waals surface area contributed by atoms with Gasteiger partial charge in [-0.1, -0.05) is 5.16 Å². The number of carbonyl (C=O) groups is 1. The van der Waals surface area contributed by atoms with Crippen LogP contribution in [0.4, 0.5) is 0 Å². The predicted octanol–water partition coefficient (Wildman–Crippen LogP) is 2.00. The Bertz CT molecular complexity index is 419. The van der Waals surface area contributed by atoms with Crippen LogP contribution in [0.1, 0.15) is 17.6 Å². The lowest BCUT2D eigenvalue weighted by molar-refractivity contribution is 0.0972. The van der Waals surface area contributed by atoms with Crippen LogP contribution in [0.25, 0.3) is 11.4 Å². The summed E-state index contributed by atoms with van der Waals surface area (Å²) in [5.74, 6) is 0.307. The van der Waals surface area contributed by atoms with Gasteiger partial charge in [-0.3, -0.25) is 4.79 Å². The fraction of sp³-hybridized carbons (Fsp3) is 0.125. The van der Waals surface area contributed by atoms with Gasteiger partial charge in [-0.05, 0) is 11.4 Å². The Morgan fingerprint density at radius 2 is 2.46 bits per heavy atom. The zero-order chi connectivity index (χ0) is 9.26. The first-order valence-electron chi connectivity index (χ1n) is 3.64. The Hall–Kier alpha value is -1.49. The molecule has 0 N–H and O–H groups in total. The molecule has 2 heterocycles. The van der Waals surface area contributed by atoms with E-state index in [2.05, 4.69) is 10.1 Å². The summed E-state index contributed by atoms with van der Waals surface area (Å²) in [5, 5.41) is 7.49. The van der Waals surface area contributed by atoms with Gasteiger partial charge >= 0.3 is 0 Å². The van der Waals surface area contributed by atoms with E-state index in [1.54, 1.807) is 11.3 Å². The summed E-state index contributed by atoms with van der Waals surface area (Å²) in [4.78, 5) is 14.8. The summed E-state index contributed by atoms with van der Waals surface area (Å²) in [7, 11) is 0. The van der Waals surface area contributed by atoms with Crippen molar-refractivity contribution in [3.05, 3.63) is 22.7 Å². The molecule has 5 heteroatoms. The van der Waals surface area contributed by atoms with Crippen LogP contribution in [0, 0.1) is 0 Å². The average molecular weight is 194 g/mol. The number of hydrogen-bond donors (Lipinski definition) is 0. The van der Waals surface area contributed by atoms with Crippen molar-refractivity contribution in [2.24, 2.45) is 0 Å². The van der Waals surface area contributed by atoms with Crippen LogP contribution in [-0.2, 0) is 0 Å². The molecule has 0 saturated carbocycles. The van der Waals surface area contributed by atoms with Crippen molar-refractivity contribution < 1.29 is 9.32 Å². The van der Waals surface area contributed by atoms with E-state index in [1.165, 1.54) is 6.92 Å². The minimum Gasteiger partial charge on any atom is -0.330 e. The normalized spacial score (nSPS) is 10.2. The van der Waals surface area contributed by atoms with Gasteiger partial charge in [0, 0.05) is 17.9 Å². The molecule has 0 aliphatic rings. The van der Waals surface area contributed by atoms with E-state index in [4.69, 9.17) is 4.52 Å². The highest BCUT2D eigenvalue weighted by Gasteiger charge is 2.11. The minimum atomic E-state index is -0.214. The fourth-order valence-electron chi connectivity index (χ4n) is 0.875. The summed E-state index contributed by atoms with van der Waals surface area (Å²) in [6.45, 7) is 1.39. The number of Topliss-reactive ketones (excluding diaryl/α,β-unsaturated/α-hetero) is 1. The van der Waals surface area contributed by atoms with Crippen molar-refractivity contribution in [2.75, 3.05) is 0 Å². The highest BCUT2D eigenvalue weighted by atomic mass is 32.1. The molecule has 0 aliphatic heterocycles. The molecular weight excluding hydrogens is 188 g/mol. The molecule has 0 fully saturated rings. The second kappa shape index (κ2) is 3.10. The SMILES string of the molecule is CC(=O)c1nc(-c2ccsc2)no1. The zero-order valence-corrected chi connectivity index (χ0v) is 7.67. The van der Waals surface area contributed by atoms with Gasteiger partial charge in [-0.2, -0.15) is 16.3 Å². The maximum absolute atomic E-state index is 10.8. The third-order valence-corrected chi connectivity index (χ3v) is 2.19. The molecule has 2 aromatic rings. The number of thiophene rings is 1. The van der Waals surface area contributed by atoms with E-state index >= 15 is 0 Å². The van der Waals surface area contributed by atoms with Gasteiger partial charge in [0.25, 0.3) is 5.89 Å². The number of carbonyl (C=O) groups excluding carboxylic acids is 1. The summed E-state index contributed by atoms with van der Waals surface area (Å²) >= 11 is 1.55. The number of nitrogens with zero attached hydrogens (tertiary/aromatic N) is 2. The largest absolute Gasteiger partial charge is 0.330 e. The highest BCUT2D eigenvalue weighted by molar-refractivity contribution is 7.08. The first kappa shape index (κ1) is 8.12. The second-order valence-corrected chi connectivity index (χ2v) is 3.27. The first-order chi connectivity index (χ1) is 6.27. The van der Waals surface area contributed by atoms with Crippen LogP contribution in [0.5, 0.6) is 0 Å². The zero-order valence-electron chi connectivity index (χ0n) is 6.85. The maximum atomic E-state index is 10.8. The van der Waals surface area contributed by atoms with E-state index in [9.17, 15) is 4.79 Å². The standard InChI is InChI=1S/C8H6N2O2S/c1-5(11)8-9-7(10-12-8)6-2-3-13-4-6/h2-4H,1H3. The van der Waals surface area contributed by atoms with Gasteiger partial charge < -0.3 is 4.52 Å². The van der Waals surface area contributed by atoms with E-state index < -0.39 is 0 Å². The Kier molecular flexibility index (Phi) is 1.94. The fourth-order valence-corrected chi connectivity index (χ4v) is 1.51. The third-order valence-electron chi connectivity index (χ3n) is 1.51. The van der Waals surface area contributed by atoms with E-state index in [0.717, 1.165) is 5.56 Å². The molecule has 0 atom stereocenters. The van der Waals surface area contributed by atoms with Crippen molar-refractivity contribution in [2.45, 2.75) is 6.92 Å². The Balaban J connectivity index is 2.39. The molecule has 2 aromatic heterocycles. The lowest BCUT2D eigenvalue weighted by Crippen LogP contribution is -1.90. The van der Waals surface area contributed by atoms with Crippen LogP contribution >= 0.6 is 11.3 Å². The summed E-state index contributed by atoms with van der Waals surface area (Å²) in [5.41, 5.74) is 0.876. The van der Waals surface area contributed by atoms with Gasteiger partial charge in [0.05, 0.1) is 0 Å². The molecule has 0 amide bonds. The third kappa shape index (κ3) is 1.50. The number of hydrogen-bond acceptors (Lipinski definition) is 5. The maximum Gasteiger partial charge on any atom is 0.294 e. The van der Waals surface area contributed by atoms with Crippen LogP contribution in [0.3, 0.4) is 0 Å². The van der Waals surface area contributed by atoms with Gasteiger partial charge in [-0.15, -0.1) is 0 Å². The Labute approximate surface area is 78.2 Å². The van der Waals surface area contributed by atoms with E-state index in [-0.39, 0.29) is 11.7 Å². The van der Waals surface area contributed by atoms with Crippen LogP contribution in [0.2, 0.25) is 0 Å². The van der Waals surface area contributed by atoms with Crippen molar-refractivity contribution in [3.8, 4) is 11.4 Å². The monoisotopic (exact) mass is 194 g/mol. The predicted molar refractivity (Wildman–Crippen MR) is 47.6 cm³/mol. The van der Waals surface area contributed by atoms with Gasteiger partial charge in [0.2, 0.25) is 11.6 Å². The Morgan fingerprint density at radius 3 is 3.00 bits per heavy atom. The van der Waals surface area contributed by atoms with Gasteiger partial charge in [-0.25, -0.2) is 0 Å². The molecule has 0 aliphatic carbocycles. The molecule has 0 saturated heterocycles. The smallest absolute Gasteiger partial charge is 0.294 e. The molecule has 0 spiro atoms. The summed E-state index contributed by atoms with van der Waals surface area (Å²) in [6, 6.07) is 1.87. The van der Waals surface area contributed by atoms with Crippen LogP contribution in [-0.4, -0.2) is 15.9 Å². The quantitative estimate of drug-likeness (QED) is 0.686. The minimum absolute atomic E-state index is 0.0567. The average Bonchev–Trinajstić information content (AvgIpc) is 2.75. The van der Waals surface area contributed by atoms with Gasteiger partial charge in [0.1, 0.15) is 0 Å². The van der Waals surface area contributed by atoms with Crippen LogP contribution in [0.15, 0.2) is 21.3 Å². The molecule has 66 valence electrons. The molecule has 0 radical (unpaired) electrons. The van der Waals surface area contributed by atoms with E-state index in [0.29, 0.717) is 5.82 Å². The van der Waals surface area contributed by atoms with Crippen molar-refractivity contribution in [1.82, 2.24) is 10.1 Å². The Morgan fingerprint density at radius 1 is 1.62 bits per heavy atom. The van der Waals surface area contributed by atoms with E-state index in [1.807, 2.05) is 16.8 Å². The lowest BCUT2D eigenvalue weighted by atomic mass is 10.3. The topological polar surface area (TPSA) is 56.0 Å². The molecular formula is C8H6N2O2S. The number of aromatic nitrogens is 2. The molecule has 4 nitrogen and oxygen atoms in total. The number of ketones is 1. The second-order valence-electron chi connectivity index (χ2n) is 2.49. The number of rotatable bonds is 2. The van der Waals surface area contributed by atoms with Crippen molar-refractivity contribution in [3.63, 3.8) is 0 Å². The van der Waals surface area contributed by atoms with Crippen molar-refractivity contribution >= 4 is 17.1 Å². The van der Waals surface area contributed by atoms with Crippen molar-refractivity contribution in [1.29, 1.82) is 0 Å². The van der Waals surface area contributed by atoms with Gasteiger partial charge in [0.15, 0.2) is 0 Å². The molecule has 0 bridgehead atoms.